The van der Waals surface area contributed by atoms with E-state index in [-0.39, 0.29) is 5.75 Å². The fourth-order valence-electron chi connectivity index (χ4n) is 2.60. The van der Waals surface area contributed by atoms with Gasteiger partial charge in [-0.1, -0.05) is 25.0 Å². The van der Waals surface area contributed by atoms with Gasteiger partial charge >= 0.3 is 0 Å². The summed E-state index contributed by atoms with van der Waals surface area (Å²) in [6, 6.07) is 6.96. The summed E-state index contributed by atoms with van der Waals surface area (Å²) in [5.41, 5.74) is 7.00. The number of nitrogen functional groups attached to an aromatic ring is 1. The smallest absolute Gasteiger partial charge is 0.215 e. The summed E-state index contributed by atoms with van der Waals surface area (Å²) in [5.74, 6) is 0.00722. The van der Waals surface area contributed by atoms with E-state index in [0.717, 1.165) is 25.2 Å². The van der Waals surface area contributed by atoms with Crippen LogP contribution < -0.4 is 10.5 Å². The van der Waals surface area contributed by atoms with E-state index in [4.69, 9.17) is 5.73 Å². The number of hydrogen-bond donors (Lipinski definition) is 2. The van der Waals surface area contributed by atoms with E-state index in [1.54, 1.807) is 24.3 Å². The standard InChI is InChI=1S/C15H25N3O2S/c16-15-7-5-14(6-8-15)13-21(19,20)17-9-12-18-10-3-1-2-4-11-18/h5-8,17H,1-4,9-13,16H2. The van der Waals surface area contributed by atoms with Crippen LogP contribution in [-0.2, 0) is 15.8 Å². The summed E-state index contributed by atoms with van der Waals surface area (Å²) >= 11 is 0. The lowest BCUT2D eigenvalue weighted by Crippen LogP contribution is -2.35. The zero-order valence-corrected chi connectivity index (χ0v) is 13.2. The molecule has 0 aromatic heterocycles. The molecule has 0 bridgehead atoms. The van der Waals surface area contributed by atoms with E-state index in [1.807, 2.05) is 0 Å². The summed E-state index contributed by atoms with van der Waals surface area (Å²) in [6.45, 7) is 3.44. The van der Waals surface area contributed by atoms with Crippen LogP contribution in [-0.4, -0.2) is 39.5 Å². The van der Waals surface area contributed by atoms with Crippen LogP contribution in [0.2, 0.25) is 0 Å². The number of hydrogen-bond acceptors (Lipinski definition) is 4. The molecule has 1 aromatic carbocycles. The van der Waals surface area contributed by atoms with Crippen molar-refractivity contribution < 1.29 is 8.42 Å². The van der Waals surface area contributed by atoms with Crippen molar-refractivity contribution in [3.63, 3.8) is 0 Å². The molecule has 6 heteroatoms. The van der Waals surface area contributed by atoms with Crippen molar-refractivity contribution in [2.75, 3.05) is 31.9 Å². The second-order valence-corrected chi connectivity index (χ2v) is 7.46. The molecule has 0 unspecified atom stereocenters. The molecule has 0 saturated carbocycles. The Morgan fingerprint density at radius 3 is 2.29 bits per heavy atom. The predicted octanol–water partition coefficient (Wildman–Crippen LogP) is 1.56. The minimum absolute atomic E-state index is 0.00722. The lowest BCUT2D eigenvalue weighted by atomic mass is 10.2. The van der Waals surface area contributed by atoms with Gasteiger partial charge in [0, 0.05) is 18.8 Å². The molecule has 1 aromatic rings. The Bertz CT molecular complexity index is 520. The molecule has 2 rings (SSSR count). The highest BCUT2D eigenvalue weighted by molar-refractivity contribution is 7.88. The zero-order chi connectivity index (χ0) is 15.1. The molecular formula is C15H25N3O2S. The number of likely N-dealkylation sites (tertiary alicyclic amines) is 1. The first-order valence-corrected chi connectivity index (χ1v) is 9.24. The van der Waals surface area contributed by atoms with Crippen molar-refractivity contribution in [1.29, 1.82) is 0 Å². The van der Waals surface area contributed by atoms with Crippen molar-refractivity contribution in [2.24, 2.45) is 0 Å². The second kappa shape index (κ2) is 7.77. The Labute approximate surface area is 127 Å². The summed E-state index contributed by atoms with van der Waals surface area (Å²) in [4.78, 5) is 2.35. The van der Waals surface area contributed by atoms with E-state index < -0.39 is 10.0 Å². The molecule has 21 heavy (non-hydrogen) atoms. The third-order valence-electron chi connectivity index (χ3n) is 3.79. The number of sulfonamides is 1. The van der Waals surface area contributed by atoms with Crippen molar-refractivity contribution in [3.8, 4) is 0 Å². The Hall–Kier alpha value is -1.11. The molecule has 0 aliphatic carbocycles. The molecule has 0 spiro atoms. The van der Waals surface area contributed by atoms with Crippen LogP contribution in [0.1, 0.15) is 31.2 Å². The first kappa shape index (κ1) is 16.3. The Balaban J connectivity index is 1.76. The minimum atomic E-state index is -3.27. The lowest BCUT2D eigenvalue weighted by Gasteiger charge is -2.19. The number of nitrogens with two attached hydrogens (primary N) is 1. The van der Waals surface area contributed by atoms with E-state index in [1.165, 1.54) is 25.7 Å². The quantitative estimate of drug-likeness (QED) is 0.782. The first-order valence-electron chi connectivity index (χ1n) is 7.59. The largest absolute Gasteiger partial charge is 0.399 e. The lowest BCUT2D eigenvalue weighted by molar-refractivity contribution is 0.290. The van der Waals surface area contributed by atoms with Gasteiger partial charge in [0.05, 0.1) is 5.75 Å². The van der Waals surface area contributed by atoms with E-state index in [2.05, 4.69) is 9.62 Å². The van der Waals surface area contributed by atoms with Gasteiger partial charge in [0.2, 0.25) is 10.0 Å². The van der Waals surface area contributed by atoms with Gasteiger partial charge in [-0.3, -0.25) is 0 Å². The molecule has 1 saturated heterocycles. The average Bonchev–Trinajstić information content (AvgIpc) is 2.70. The molecule has 1 heterocycles. The second-order valence-electron chi connectivity index (χ2n) is 5.65. The van der Waals surface area contributed by atoms with Crippen LogP contribution in [0.25, 0.3) is 0 Å². The monoisotopic (exact) mass is 311 g/mol. The van der Waals surface area contributed by atoms with Crippen LogP contribution in [0.5, 0.6) is 0 Å². The van der Waals surface area contributed by atoms with Crippen LogP contribution in [0.15, 0.2) is 24.3 Å². The molecule has 1 aliphatic heterocycles. The minimum Gasteiger partial charge on any atom is -0.399 e. The summed E-state index contributed by atoms with van der Waals surface area (Å²) in [6.07, 6.45) is 5.02. The van der Waals surface area contributed by atoms with Crippen LogP contribution in [0, 0.1) is 0 Å². The molecule has 5 nitrogen and oxygen atoms in total. The number of benzene rings is 1. The molecule has 3 N–H and O–H groups in total. The highest BCUT2D eigenvalue weighted by Crippen LogP contribution is 2.10. The van der Waals surface area contributed by atoms with Crippen molar-refractivity contribution in [1.82, 2.24) is 9.62 Å². The van der Waals surface area contributed by atoms with Gasteiger partial charge in [0.15, 0.2) is 0 Å². The van der Waals surface area contributed by atoms with Gasteiger partial charge in [-0.15, -0.1) is 0 Å². The summed E-state index contributed by atoms with van der Waals surface area (Å²) < 4.78 is 26.8. The Kier molecular flexibility index (Phi) is 6.02. The van der Waals surface area contributed by atoms with Crippen LogP contribution >= 0.6 is 0 Å². The predicted molar refractivity (Wildman–Crippen MR) is 86.4 cm³/mol. The van der Waals surface area contributed by atoms with Gasteiger partial charge < -0.3 is 10.6 Å². The van der Waals surface area contributed by atoms with Crippen molar-refractivity contribution >= 4 is 15.7 Å². The van der Waals surface area contributed by atoms with Gasteiger partial charge in [-0.2, -0.15) is 0 Å². The normalized spacial score (nSPS) is 17.5. The number of rotatable bonds is 6. The Morgan fingerprint density at radius 1 is 1.05 bits per heavy atom. The molecule has 1 fully saturated rings. The highest BCUT2D eigenvalue weighted by atomic mass is 32.2. The van der Waals surface area contributed by atoms with E-state index in [0.29, 0.717) is 12.2 Å². The van der Waals surface area contributed by atoms with E-state index >= 15 is 0 Å². The Morgan fingerprint density at radius 2 is 1.67 bits per heavy atom. The highest BCUT2D eigenvalue weighted by Gasteiger charge is 2.13. The number of nitrogens with one attached hydrogen (secondary N) is 1. The van der Waals surface area contributed by atoms with Crippen molar-refractivity contribution in [2.45, 2.75) is 31.4 Å². The topological polar surface area (TPSA) is 75.4 Å². The SMILES string of the molecule is Nc1ccc(CS(=O)(=O)NCCN2CCCCCC2)cc1. The zero-order valence-electron chi connectivity index (χ0n) is 12.4. The van der Waals surface area contributed by atoms with Crippen LogP contribution in [0.3, 0.4) is 0 Å². The maximum atomic E-state index is 12.0. The molecule has 0 amide bonds. The fraction of sp³-hybridized carbons (Fsp3) is 0.600. The van der Waals surface area contributed by atoms with Gasteiger partial charge in [0.1, 0.15) is 0 Å². The molecule has 0 radical (unpaired) electrons. The summed E-state index contributed by atoms with van der Waals surface area (Å²) in [7, 11) is -3.27. The first-order chi connectivity index (χ1) is 10.1. The average molecular weight is 311 g/mol. The third-order valence-corrected chi connectivity index (χ3v) is 5.14. The van der Waals surface area contributed by atoms with Gasteiger partial charge in [0.25, 0.3) is 0 Å². The maximum Gasteiger partial charge on any atom is 0.215 e. The van der Waals surface area contributed by atoms with Crippen molar-refractivity contribution in [3.05, 3.63) is 29.8 Å². The fourth-order valence-corrected chi connectivity index (χ4v) is 3.74. The van der Waals surface area contributed by atoms with Gasteiger partial charge in [-0.05, 0) is 43.6 Å². The number of nitrogens with zero attached hydrogens (tertiary/aromatic N) is 1. The molecule has 118 valence electrons. The molecular weight excluding hydrogens is 286 g/mol. The molecule has 1 aliphatic rings. The van der Waals surface area contributed by atoms with Crippen LogP contribution in [0.4, 0.5) is 5.69 Å². The summed E-state index contributed by atoms with van der Waals surface area (Å²) in [5, 5.41) is 0. The van der Waals surface area contributed by atoms with E-state index in [9.17, 15) is 8.42 Å². The number of anilines is 1. The third kappa shape index (κ3) is 6.03. The molecule has 0 atom stereocenters. The maximum absolute atomic E-state index is 12.0. The van der Waals surface area contributed by atoms with Gasteiger partial charge in [-0.25, -0.2) is 13.1 Å².